The van der Waals surface area contributed by atoms with Crippen LogP contribution in [0.4, 0.5) is 0 Å². The highest BCUT2D eigenvalue weighted by atomic mass is 32.2. The molecule has 40 heavy (non-hydrogen) atoms. The molecular weight excluding hydrogens is 546 g/mol. The van der Waals surface area contributed by atoms with E-state index in [9.17, 15) is 18.3 Å². The maximum absolute atomic E-state index is 14.4. The summed E-state index contributed by atoms with van der Waals surface area (Å²) in [6.45, 7) is 4.25. The van der Waals surface area contributed by atoms with Gasteiger partial charge in [0, 0.05) is 49.6 Å². The van der Waals surface area contributed by atoms with Crippen LogP contribution in [0.5, 0.6) is 0 Å². The van der Waals surface area contributed by atoms with Crippen LogP contribution in [0.1, 0.15) is 29.9 Å². The summed E-state index contributed by atoms with van der Waals surface area (Å²) < 4.78 is 36.5. The number of nitrogens with zero attached hydrogens (tertiary/aromatic N) is 3. The number of carbonyl (C=O) groups excluding carboxylic acids is 1. The van der Waals surface area contributed by atoms with E-state index in [1.165, 1.54) is 15.6 Å². The first kappa shape index (κ1) is 28.5. The van der Waals surface area contributed by atoms with Crippen molar-refractivity contribution in [3.8, 4) is 11.1 Å². The molecule has 0 fully saturated rings. The third kappa shape index (κ3) is 5.10. The first-order valence-corrected chi connectivity index (χ1v) is 15.7. The van der Waals surface area contributed by atoms with Crippen LogP contribution in [0, 0.1) is 5.92 Å². The summed E-state index contributed by atoms with van der Waals surface area (Å²) in [5.74, 6) is -0.417. The van der Waals surface area contributed by atoms with Crippen molar-refractivity contribution in [2.45, 2.75) is 36.8 Å². The predicted octanol–water partition coefficient (Wildman–Crippen LogP) is 4.59. The first-order valence-electron chi connectivity index (χ1n) is 13.3. The van der Waals surface area contributed by atoms with Gasteiger partial charge in [-0.15, -0.1) is 11.3 Å². The average Bonchev–Trinajstić information content (AvgIpc) is 3.60. The lowest BCUT2D eigenvalue weighted by atomic mass is 9.96. The molecule has 2 aromatic heterocycles. The van der Waals surface area contributed by atoms with Gasteiger partial charge in [-0.25, -0.2) is 8.42 Å². The molecule has 5 rings (SSSR count). The van der Waals surface area contributed by atoms with Gasteiger partial charge in [-0.2, -0.15) is 4.31 Å². The summed E-state index contributed by atoms with van der Waals surface area (Å²) in [4.78, 5) is 16.1. The Hall–Kier alpha value is -3.02. The van der Waals surface area contributed by atoms with Gasteiger partial charge in [0.2, 0.25) is 0 Å². The van der Waals surface area contributed by atoms with E-state index in [2.05, 4.69) is 0 Å². The number of thiophene rings is 1. The zero-order chi connectivity index (χ0) is 28.6. The number of aliphatic hydroxyl groups excluding tert-OH is 1. The Labute approximate surface area is 239 Å². The molecule has 0 radical (unpaired) electrons. The number of para-hydroxylation sites is 1. The molecule has 0 aliphatic carbocycles. The second-order valence-electron chi connectivity index (χ2n) is 10.5. The monoisotopic (exact) mass is 581 g/mol. The molecule has 1 N–H and O–H groups in total. The number of carbonyl (C=O) groups is 1. The number of likely N-dealkylation sites (N-methyl/N-ethyl adjacent to an activating group) is 1. The highest BCUT2D eigenvalue weighted by Crippen LogP contribution is 2.38. The van der Waals surface area contributed by atoms with E-state index in [0.29, 0.717) is 5.69 Å². The lowest BCUT2D eigenvalue weighted by Gasteiger charge is -2.34. The number of aryl methyl sites for hydroxylation is 1. The zero-order valence-corrected chi connectivity index (χ0v) is 24.8. The van der Waals surface area contributed by atoms with E-state index >= 15 is 0 Å². The number of fused-ring (bicyclic) bond motifs is 5. The molecule has 10 heteroatoms. The molecule has 1 aliphatic rings. The molecule has 1 amide bonds. The number of sulfonamides is 1. The van der Waals surface area contributed by atoms with Crippen LogP contribution in [0.3, 0.4) is 0 Å². The Morgan fingerprint density at radius 3 is 2.58 bits per heavy atom. The third-order valence-corrected chi connectivity index (χ3v) is 11.0. The molecule has 0 spiro atoms. The van der Waals surface area contributed by atoms with Crippen molar-refractivity contribution in [2.75, 3.05) is 26.7 Å². The highest BCUT2D eigenvalue weighted by Gasteiger charge is 2.35. The fourth-order valence-corrected chi connectivity index (χ4v) is 7.82. The number of hydrogen-bond donors (Lipinski definition) is 1. The third-order valence-electron chi connectivity index (χ3n) is 7.82. The number of rotatable bonds is 6. The van der Waals surface area contributed by atoms with E-state index in [4.69, 9.17) is 4.74 Å². The smallest absolute Gasteiger partial charge is 0.271 e. The Morgan fingerprint density at radius 1 is 1.12 bits per heavy atom. The number of hydrogen-bond acceptors (Lipinski definition) is 6. The molecule has 3 heterocycles. The van der Waals surface area contributed by atoms with Crippen LogP contribution in [0.2, 0.25) is 0 Å². The van der Waals surface area contributed by atoms with E-state index in [1.807, 2.05) is 74.0 Å². The number of amides is 1. The fraction of sp³-hybridized carbons (Fsp3) is 0.367. The summed E-state index contributed by atoms with van der Waals surface area (Å²) in [6, 6.07) is 18.7. The van der Waals surface area contributed by atoms with Crippen LogP contribution in [0.25, 0.3) is 22.0 Å². The van der Waals surface area contributed by atoms with Gasteiger partial charge in [-0.1, -0.05) is 55.5 Å². The fourth-order valence-electron chi connectivity index (χ4n) is 5.44. The minimum Gasteiger partial charge on any atom is -0.394 e. The van der Waals surface area contributed by atoms with Crippen molar-refractivity contribution in [1.29, 1.82) is 0 Å². The normalized spacial score (nSPS) is 19.4. The minimum absolute atomic E-state index is 0.120. The highest BCUT2D eigenvalue weighted by molar-refractivity contribution is 7.91. The number of aromatic nitrogens is 1. The van der Waals surface area contributed by atoms with Crippen molar-refractivity contribution >= 4 is 38.2 Å². The van der Waals surface area contributed by atoms with Gasteiger partial charge < -0.3 is 19.3 Å². The van der Waals surface area contributed by atoms with Gasteiger partial charge >= 0.3 is 0 Å². The summed E-state index contributed by atoms with van der Waals surface area (Å²) in [5, 5.41) is 12.9. The molecule has 0 saturated carbocycles. The van der Waals surface area contributed by atoms with Gasteiger partial charge in [-0.05, 0) is 35.6 Å². The molecule has 1 aliphatic heterocycles. The van der Waals surface area contributed by atoms with Crippen LogP contribution in [-0.2, 0) is 28.4 Å². The van der Waals surface area contributed by atoms with Crippen LogP contribution >= 0.6 is 11.3 Å². The van der Waals surface area contributed by atoms with Crippen LogP contribution in [0.15, 0.2) is 70.3 Å². The van der Waals surface area contributed by atoms with Crippen molar-refractivity contribution in [3.63, 3.8) is 0 Å². The van der Waals surface area contributed by atoms with Gasteiger partial charge in [-0.3, -0.25) is 4.79 Å². The van der Waals surface area contributed by atoms with E-state index in [0.717, 1.165) is 27.6 Å². The summed E-state index contributed by atoms with van der Waals surface area (Å²) in [7, 11) is -0.226. The SMILES string of the molecule is C[C@H](CO)N1C[C@H](C)[C@H](CN(C)S(=O)(=O)c2cccs2)OCc2ccccc2-c2c(n(C)c3ccccc23)C1=O. The number of ether oxygens (including phenoxy) is 1. The predicted molar refractivity (Wildman–Crippen MR) is 158 cm³/mol. The molecule has 0 saturated heterocycles. The van der Waals surface area contributed by atoms with Crippen LogP contribution < -0.4 is 0 Å². The second kappa shape index (κ2) is 11.5. The Bertz CT molecular complexity index is 1610. The summed E-state index contributed by atoms with van der Waals surface area (Å²) in [5.41, 5.74) is 4.14. The lowest BCUT2D eigenvalue weighted by Crippen LogP contribution is -2.48. The minimum atomic E-state index is -3.69. The maximum Gasteiger partial charge on any atom is 0.271 e. The van der Waals surface area contributed by atoms with Gasteiger partial charge in [0.1, 0.15) is 9.90 Å². The number of aliphatic hydroxyl groups is 1. The van der Waals surface area contributed by atoms with E-state index in [-0.39, 0.29) is 42.3 Å². The first-order chi connectivity index (χ1) is 19.1. The Kier molecular flexibility index (Phi) is 8.17. The van der Waals surface area contributed by atoms with Gasteiger partial charge in [0.05, 0.1) is 25.4 Å². The summed E-state index contributed by atoms with van der Waals surface area (Å²) in [6.07, 6.45) is -0.507. The van der Waals surface area contributed by atoms with Gasteiger partial charge in [0.25, 0.3) is 15.9 Å². The van der Waals surface area contributed by atoms with E-state index < -0.39 is 22.2 Å². The van der Waals surface area contributed by atoms with Gasteiger partial charge in [0.15, 0.2) is 0 Å². The largest absolute Gasteiger partial charge is 0.394 e. The topological polar surface area (TPSA) is 92.1 Å². The molecule has 212 valence electrons. The molecule has 8 nitrogen and oxygen atoms in total. The van der Waals surface area contributed by atoms with Crippen molar-refractivity contribution in [3.05, 3.63) is 77.3 Å². The lowest BCUT2D eigenvalue weighted by molar-refractivity contribution is -0.0147. The second-order valence-corrected chi connectivity index (χ2v) is 13.7. The molecule has 0 bridgehead atoms. The van der Waals surface area contributed by atoms with E-state index in [1.54, 1.807) is 29.5 Å². The van der Waals surface area contributed by atoms with Crippen molar-refractivity contribution in [1.82, 2.24) is 13.8 Å². The number of benzene rings is 2. The summed E-state index contributed by atoms with van der Waals surface area (Å²) >= 11 is 1.18. The molecule has 2 aromatic carbocycles. The van der Waals surface area contributed by atoms with Crippen LogP contribution in [-0.4, -0.2) is 72.1 Å². The Balaban J connectivity index is 1.63. The quantitative estimate of drug-likeness (QED) is 0.360. The molecular formula is C30H35N3O5S2. The molecule has 0 unspecified atom stereocenters. The molecule has 3 atom stereocenters. The maximum atomic E-state index is 14.4. The van der Waals surface area contributed by atoms with Crippen molar-refractivity contribution < 1.29 is 23.1 Å². The zero-order valence-electron chi connectivity index (χ0n) is 23.1. The van der Waals surface area contributed by atoms with Crippen molar-refractivity contribution in [2.24, 2.45) is 13.0 Å². The molecule has 4 aromatic rings. The Morgan fingerprint density at radius 2 is 1.85 bits per heavy atom. The standard InChI is InChI=1S/C30H35N3O5S2/c1-20-16-33(21(2)18-34)30(35)29-28(24-12-7-8-13-25(24)32(29)4)23-11-6-5-10-22(23)19-38-26(20)17-31(3)40(36,37)27-14-9-15-39-27/h5-15,20-21,26,34H,16-19H2,1-4H3/t20-,21+,26-/m0/s1. The average molecular weight is 582 g/mol.